The summed E-state index contributed by atoms with van der Waals surface area (Å²) in [4.78, 5) is 15.1. The highest BCUT2D eigenvalue weighted by atomic mass is 16.5. The number of ether oxygens (including phenoxy) is 1. The third-order valence-electron chi connectivity index (χ3n) is 7.64. The minimum Gasteiger partial charge on any atom is -0.496 e. The highest BCUT2D eigenvalue weighted by Crippen LogP contribution is 2.35. The molecule has 3 heterocycles. The first kappa shape index (κ1) is 25.0. The second-order valence-electron chi connectivity index (χ2n) is 10.1. The van der Waals surface area contributed by atoms with Crippen LogP contribution in [0.3, 0.4) is 0 Å². The van der Waals surface area contributed by atoms with Crippen LogP contribution < -0.4 is 25.6 Å². The number of carbonyl (C=O) groups is 1. The van der Waals surface area contributed by atoms with Crippen molar-refractivity contribution in [1.29, 1.82) is 0 Å². The zero-order valence-electron chi connectivity index (χ0n) is 22.5. The number of nitrogens with zero attached hydrogens (tertiary/aromatic N) is 3. The number of nitrogens with one attached hydrogen (secondary N) is 3. The predicted molar refractivity (Wildman–Crippen MR) is 155 cm³/mol. The third kappa shape index (κ3) is 5.07. The van der Waals surface area contributed by atoms with Crippen molar-refractivity contribution in [2.75, 3.05) is 43.5 Å². The number of methoxy groups -OCH3 is 1. The quantitative estimate of drug-likeness (QED) is 0.346. The van der Waals surface area contributed by atoms with Crippen molar-refractivity contribution >= 4 is 23.1 Å². The van der Waals surface area contributed by atoms with Crippen molar-refractivity contribution in [1.82, 2.24) is 20.4 Å². The van der Waals surface area contributed by atoms with Crippen molar-refractivity contribution in [3.05, 3.63) is 89.0 Å². The molecule has 2 aliphatic heterocycles. The normalized spacial score (nSPS) is 14.6. The molecule has 3 aromatic carbocycles. The number of aryl methyl sites for hydroxylation is 2. The first-order valence-electron chi connectivity index (χ1n) is 13.5. The van der Waals surface area contributed by atoms with Crippen LogP contribution in [0.1, 0.15) is 27.0 Å². The second kappa shape index (κ2) is 10.8. The summed E-state index contributed by atoms with van der Waals surface area (Å²) in [7, 11) is 1.57. The van der Waals surface area contributed by atoms with Gasteiger partial charge in [0, 0.05) is 61.8 Å². The van der Waals surface area contributed by atoms with Crippen molar-refractivity contribution in [3.8, 4) is 17.0 Å². The Kier molecular flexibility index (Phi) is 6.94. The van der Waals surface area contributed by atoms with Gasteiger partial charge in [0.1, 0.15) is 11.6 Å². The lowest BCUT2D eigenvalue weighted by atomic mass is 10.1. The minimum absolute atomic E-state index is 0.156. The van der Waals surface area contributed by atoms with Crippen LogP contribution in [0.15, 0.2) is 66.7 Å². The number of para-hydroxylation sites is 1. The van der Waals surface area contributed by atoms with Crippen LogP contribution in [-0.2, 0) is 19.5 Å². The van der Waals surface area contributed by atoms with E-state index in [9.17, 15) is 4.79 Å². The van der Waals surface area contributed by atoms with Gasteiger partial charge in [0.25, 0.3) is 5.91 Å². The van der Waals surface area contributed by atoms with Crippen LogP contribution in [0.5, 0.6) is 5.75 Å². The van der Waals surface area contributed by atoms with Crippen LogP contribution in [0.2, 0.25) is 0 Å². The zero-order valence-corrected chi connectivity index (χ0v) is 22.5. The van der Waals surface area contributed by atoms with Gasteiger partial charge in [-0.1, -0.05) is 36.4 Å². The molecule has 3 N–H and O–H groups in total. The Morgan fingerprint density at radius 3 is 2.62 bits per heavy atom. The van der Waals surface area contributed by atoms with Gasteiger partial charge in [-0.3, -0.25) is 4.79 Å². The van der Waals surface area contributed by atoms with Gasteiger partial charge in [-0.25, -0.2) is 4.68 Å². The molecule has 0 spiro atoms. The monoisotopic (exact) mass is 522 g/mol. The van der Waals surface area contributed by atoms with Crippen LogP contribution in [0, 0.1) is 6.92 Å². The van der Waals surface area contributed by atoms with Gasteiger partial charge >= 0.3 is 0 Å². The van der Waals surface area contributed by atoms with Crippen molar-refractivity contribution in [2.24, 2.45) is 0 Å². The highest BCUT2D eigenvalue weighted by molar-refractivity contribution is 5.96. The summed E-state index contributed by atoms with van der Waals surface area (Å²) in [5.41, 5.74) is 8.50. The summed E-state index contributed by atoms with van der Waals surface area (Å²) in [6.45, 7) is 7.55. The Morgan fingerprint density at radius 2 is 1.82 bits per heavy atom. The topological polar surface area (TPSA) is 83.4 Å². The molecular formula is C31H34N6O2. The second-order valence-corrected chi connectivity index (χ2v) is 10.1. The molecule has 8 heteroatoms. The molecule has 0 bridgehead atoms. The van der Waals surface area contributed by atoms with E-state index < -0.39 is 0 Å². The number of amides is 1. The average molecular weight is 523 g/mol. The number of hydrogen-bond acceptors (Lipinski definition) is 6. The molecule has 4 aromatic rings. The fourth-order valence-electron chi connectivity index (χ4n) is 5.42. The van der Waals surface area contributed by atoms with Crippen LogP contribution in [-0.4, -0.2) is 49.0 Å². The van der Waals surface area contributed by atoms with Crippen molar-refractivity contribution < 1.29 is 9.53 Å². The minimum atomic E-state index is -0.156. The van der Waals surface area contributed by atoms with Crippen LogP contribution in [0.25, 0.3) is 11.3 Å². The summed E-state index contributed by atoms with van der Waals surface area (Å²) in [5, 5.41) is 15.1. The Balaban J connectivity index is 1.15. The molecule has 2 aliphatic rings. The molecule has 39 heavy (non-hydrogen) atoms. The highest BCUT2D eigenvalue weighted by Gasteiger charge is 2.21. The number of aromatic nitrogens is 2. The molecule has 1 saturated heterocycles. The van der Waals surface area contributed by atoms with E-state index in [-0.39, 0.29) is 5.91 Å². The molecule has 1 fully saturated rings. The van der Waals surface area contributed by atoms with Gasteiger partial charge in [-0.05, 0) is 54.8 Å². The van der Waals surface area contributed by atoms with Gasteiger partial charge in [0.2, 0.25) is 0 Å². The van der Waals surface area contributed by atoms with E-state index in [2.05, 4.69) is 62.8 Å². The number of hydrogen-bond donors (Lipinski definition) is 3. The summed E-state index contributed by atoms with van der Waals surface area (Å²) in [6, 6.07) is 22.3. The number of benzene rings is 3. The maximum absolute atomic E-state index is 12.6. The average Bonchev–Trinajstić information content (AvgIpc) is 3.18. The lowest BCUT2D eigenvalue weighted by molar-refractivity contribution is 0.0948. The Labute approximate surface area is 229 Å². The fraction of sp³-hybridized carbons (Fsp3) is 0.290. The lowest BCUT2D eigenvalue weighted by Crippen LogP contribution is -2.43. The number of anilines is 3. The number of fused-ring (bicyclic) bond motifs is 2. The molecule has 0 radical (unpaired) electrons. The van der Waals surface area contributed by atoms with E-state index in [1.807, 2.05) is 24.3 Å². The maximum Gasteiger partial charge on any atom is 0.255 e. The fourth-order valence-corrected chi connectivity index (χ4v) is 5.42. The molecule has 200 valence electrons. The van der Waals surface area contributed by atoms with Gasteiger partial charge in [-0.2, -0.15) is 5.10 Å². The molecule has 0 atom stereocenters. The molecule has 6 rings (SSSR count). The van der Waals surface area contributed by atoms with Crippen molar-refractivity contribution in [2.45, 2.75) is 26.4 Å². The maximum atomic E-state index is 12.6. The predicted octanol–water partition coefficient (Wildman–Crippen LogP) is 4.51. The van der Waals surface area contributed by atoms with E-state index in [1.165, 1.54) is 11.3 Å². The Morgan fingerprint density at radius 1 is 1.03 bits per heavy atom. The molecule has 1 amide bonds. The third-order valence-corrected chi connectivity index (χ3v) is 7.64. The first-order chi connectivity index (χ1) is 19.1. The summed E-state index contributed by atoms with van der Waals surface area (Å²) < 4.78 is 7.40. The molecule has 1 aromatic heterocycles. The lowest BCUT2D eigenvalue weighted by Gasteiger charge is -2.30. The number of carbonyl (C=O) groups excluding carboxylic acids is 1. The molecule has 0 aliphatic carbocycles. The van der Waals surface area contributed by atoms with E-state index in [0.717, 1.165) is 73.0 Å². The van der Waals surface area contributed by atoms with Gasteiger partial charge in [-0.15, -0.1) is 0 Å². The summed E-state index contributed by atoms with van der Waals surface area (Å²) in [6.07, 6.45) is 0.931. The molecule has 8 nitrogen and oxygen atoms in total. The van der Waals surface area contributed by atoms with Gasteiger partial charge in [0.15, 0.2) is 0 Å². The summed E-state index contributed by atoms with van der Waals surface area (Å²) >= 11 is 0. The first-order valence-corrected chi connectivity index (χ1v) is 13.5. The van der Waals surface area contributed by atoms with Crippen molar-refractivity contribution in [3.63, 3.8) is 0 Å². The van der Waals surface area contributed by atoms with Crippen LogP contribution in [0.4, 0.5) is 17.2 Å². The number of piperazine rings is 1. The SMILES string of the molecule is COc1ccccc1C(=O)NCc1ccc(-c2nn3c(c2C)Nc2ccc(N4CCNCC4)cc2CC3)cc1. The largest absolute Gasteiger partial charge is 0.496 e. The molecular weight excluding hydrogens is 488 g/mol. The van der Waals surface area contributed by atoms with E-state index in [4.69, 9.17) is 9.84 Å². The van der Waals surface area contributed by atoms with Gasteiger partial charge < -0.3 is 25.6 Å². The number of rotatable bonds is 6. The van der Waals surface area contributed by atoms with Crippen LogP contribution >= 0.6 is 0 Å². The molecule has 0 saturated carbocycles. The Bertz CT molecular complexity index is 1490. The standard InChI is InChI=1S/C31H34N6O2/c1-21-29(23-9-7-22(8-10-23)20-33-31(38)26-5-3-4-6-28(26)39-2)35-37-16-13-24-19-25(36-17-14-32-15-18-36)11-12-27(24)34-30(21)37/h3-12,19,32,34H,13-18,20H2,1-2H3,(H,33,38). The zero-order chi connectivity index (χ0) is 26.8. The van der Waals surface area contributed by atoms with E-state index in [0.29, 0.717) is 17.9 Å². The van der Waals surface area contributed by atoms with E-state index in [1.54, 1.807) is 19.2 Å². The van der Waals surface area contributed by atoms with Gasteiger partial charge in [0.05, 0.1) is 18.4 Å². The molecule has 0 unspecified atom stereocenters. The summed E-state index contributed by atoms with van der Waals surface area (Å²) in [5.74, 6) is 1.46. The Hall–Kier alpha value is -4.30. The smallest absolute Gasteiger partial charge is 0.255 e. The van der Waals surface area contributed by atoms with E-state index >= 15 is 0 Å².